The summed E-state index contributed by atoms with van der Waals surface area (Å²) in [6, 6.07) is 11.6. The maximum absolute atomic E-state index is 14.7. The highest BCUT2D eigenvalue weighted by atomic mass is 35.5. The molecule has 0 aliphatic heterocycles. The molecule has 37 heavy (non-hydrogen) atoms. The lowest BCUT2D eigenvalue weighted by atomic mass is 10.3. The highest BCUT2D eigenvalue weighted by molar-refractivity contribution is 7.97. The Morgan fingerprint density at radius 2 is 1.78 bits per heavy atom. The number of terminal acetylenes is 1. The van der Waals surface area contributed by atoms with Crippen LogP contribution in [0.25, 0.3) is 0 Å². The van der Waals surface area contributed by atoms with Gasteiger partial charge in [0.2, 0.25) is 0 Å². The summed E-state index contributed by atoms with van der Waals surface area (Å²) in [5.41, 5.74) is 1.31. The van der Waals surface area contributed by atoms with Crippen molar-refractivity contribution >= 4 is 41.4 Å². The third-order valence-electron chi connectivity index (χ3n) is 4.39. The second-order valence-corrected chi connectivity index (χ2v) is 9.92. The Hall–Kier alpha value is -3.05. The third kappa shape index (κ3) is 9.73. The van der Waals surface area contributed by atoms with Crippen LogP contribution in [0, 0.1) is 24.5 Å². The van der Waals surface area contributed by atoms with Crippen LogP contribution in [0.1, 0.15) is 0 Å². The summed E-state index contributed by atoms with van der Waals surface area (Å²) in [6.07, 6.45) is 9.53. The fourth-order valence-electron chi connectivity index (χ4n) is 2.75. The topological polar surface area (TPSA) is 97.9 Å². The van der Waals surface area contributed by atoms with Crippen LogP contribution in [0.4, 0.5) is 8.78 Å². The minimum atomic E-state index is -0.926. The van der Waals surface area contributed by atoms with Crippen molar-refractivity contribution in [2.75, 3.05) is 26.7 Å². The quantitative estimate of drug-likeness (QED) is 0.131. The number of halogens is 3. The van der Waals surface area contributed by atoms with Crippen LogP contribution in [0.2, 0.25) is 5.02 Å². The van der Waals surface area contributed by atoms with Crippen molar-refractivity contribution in [3.8, 4) is 24.3 Å². The zero-order valence-corrected chi connectivity index (χ0v) is 21.9. The van der Waals surface area contributed by atoms with Crippen molar-refractivity contribution in [2.45, 2.75) is 9.79 Å². The monoisotopic (exact) mass is 568 g/mol. The molecule has 2 aromatic carbocycles. The average Bonchev–Trinajstić information content (AvgIpc) is 2.88. The van der Waals surface area contributed by atoms with E-state index in [0.29, 0.717) is 16.5 Å². The Kier molecular flexibility index (Phi) is 12.4. The van der Waals surface area contributed by atoms with Gasteiger partial charge in [0, 0.05) is 29.2 Å². The summed E-state index contributed by atoms with van der Waals surface area (Å²) in [5.74, 6) is -2.90. The summed E-state index contributed by atoms with van der Waals surface area (Å²) in [6.45, 7) is 0.393. The molecule has 0 saturated carbocycles. The molecule has 0 radical (unpaired) electrons. The maximum Gasteiger partial charge on any atom is 0.262 e. The number of nitrogens with zero attached hydrogens (tertiary/aromatic N) is 2. The summed E-state index contributed by atoms with van der Waals surface area (Å²) in [5, 5.41) is 9.36. The number of H-pyrrole nitrogens is 1. The number of pyridine rings is 1. The van der Waals surface area contributed by atoms with Gasteiger partial charge in [0.1, 0.15) is 5.75 Å². The Balaban J connectivity index is 0.00000235. The van der Waals surface area contributed by atoms with E-state index in [2.05, 4.69) is 17.8 Å². The van der Waals surface area contributed by atoms with Gasteiger partial charge in [-0.05, 0) is 79.5 Å². The van der Waals surface area contributed by atoms with E-state index in [-0.39, 0.29) is 29.3 Å². The molecule has 0 bridgehead atoms. The van der Waals surface area contributed by atoms with Gasteiger partial charge in [-0.3, -0.25) is 14.8 Å². The number of carbonyl (C=O) groups excluding carboxylic acids is 1. The van der Waals surface area contributed by atoms with Gasteiger partial charge in [0.15, 0.2) is 17.4 Å². The maximum atomic E-state index is 14.7. The van der Waals surface area contributed by atoms with Crippen LogP contribution in [0.3, 0.4) is 0 Å². The van der Waals surface area contributed by atoms with Gasteiger partial charge in [0.25, 0.3) is 11.5 Å². The van der Waals surface area contributed by atoms with E-state index in [0.717, 1.165) is 24.1 Å². The largest absolute Gasteiger partial charge is 0.451 e. The molecule has 0 spiro atoms. The Labute approximate surface area is 226 Å². The van der Waals surface area contributed by atoms with Crippen LogP contribution >= 0.6 is 35.5 Å². The molecule has 0 aliphatic rings. The lowest BCUT2D eigenvalue weighted by Crippen LogP contribution is -2.35. The van der Waals surface area contributed by atoms with Gasteiger partial charge in [-0.15, -0.1) is 12.8 Å². The number of likely N-dealkylation sites (N-methyl/N-ethyl adjacent to an activating group) is 1. The minimum Gasteiger partial charge on any atom is -0.451 e. The van der Waals surface area contributed by atoms with Crippen molar-refractivity contribution in [1.82, 2.24) is 19.1 Å². The molecule has 0 atom stereocenters. The molecule has 13 heteroatoms. The standard InChI is InChI=1S/C22H21ClF2N4O4S2.C2H2/c1-28(35-19-3-2-8-26-22(19)31)9-10-29(13-20(30)27-32)34-16-11-17(24)21(18(25)12-16)33-15-6-4-14(23)5-7-15;1-2/h2-8,11-12,32H,9-10,13H2,1H3,(H,26,31)(H,27,30);1-2H. The van der Waals surface area contributed by atoms with Crippen LogP contribution in [-0.4, -0.2) is 51.4 Å². The van der Waals surface area contributed by atoms with Gasteiger partial charge in [-0.1, -0.05) is 11.6 Å². The molecule has 1 amide bonds. The lowest BCUT2D eigenvalue weighted by molar-refractivity contribution is -0.129. The first kappa shape index (κ1) is 30.2. The molecule has 1 heterocycles. The number of aromatic nitrogens is 1. The minimum absolute atomic E-state index is 0.184. The predicted octanol–water partition coefficient (Wildman–Crippen LogP) is 4.80. The van der Waals surface area contributed by atoms with Crippen molar-refractivity contribution < 1.29 is 23.5 Å². The third-order valence-corrected chi connectivity index (χ3v) is 6.67. The second kappa shape index (κ2) is 15.3. The molecule has 0 saturated heterocycles. The Morgan fingerprint density at radius 1 is 1.14 bits per heavy atom. The van der Waals surface area contributed by atoms with Gasteiger partial charge in [0.05, 0.1) is 11.4 Å². The SMILES string of the molecule is C#C.CN(CCN(CC(=O)NO)Sc1cc(F)c(Oc2ccc(Cl)cc2)c(F)c1)Sc1ccc[nH]c1=O. The molecular weight excluding hydrogens is 546 g/mol. The van der Waals surface area contributed by atoms with Gasteiger partial charge >= 0.3 is 0 Å². The normalized spacial score (nSPS) is 10.6. The summed E-state index contributed by atoms with van der Waals surface area (Å²) >= 11 is 7.95. The molecule has 3 N–H and O–H groups in total. The number of nitrogens with one attached hydrogen (secondary N) is 2. The molecular formula is C24H23ClF2N4O4S2. The van der Waals surface area contributed by atoms with Crippen LogP contribution < -0.4 is 15.8 Å². The summed E-state index contributed by atoms with van der Waals surface area (Å²) < 4.78 is 37.9. The molecule has 0 unspecified atom stereocenters. The van der Waals surface area contributed by atoms with Gasteiger partial charge in [-0.25, -0.2) is 22.9 Å². The highest BCUT2D eigenvalue weighted by Crippen LogP contribution is 2.33. The zero-order chi connectivity index (χ0) is 27.4. The molecule has 1 aromatic heterocycles. The zero-order valence-electron chi connectivity index (χ0n) is 19.5. The van der Waals surface area contributed by atoms with E-state index in [1.807, 2.05) is 0 Å². The fraction of sp³-hybridized carbons (Fsp3) is 0.167. The van der Waals surface area contributed by atoms with E-state index < -0.39 is 23.3 Å². The predicted molar refractivity (Wildman–Crippen MR) is 141 cm³/mol. The highest BCUT2D eigenvalue weighted by Gasteiger charge is 2.18. The smallest absolute Gasteiger partial charge is 0.262 e. The van der Waals surface area contributed by atoms with Crippen LogP contribution in [0.15, 0.2) is 69.3 Å². The number of ether oxygens (including phenoxy) is 1. The number of hydrogen-bond acceptors (Lipinski definition) is 8. The number of rotatable bonds is 11. The molecule has 3 aromatic rings. The second-order valence-electron chi connectivity index (χ2n) is 7.07. The number of aromatic amines is 1. The molecule has 196 valence electrons. The summed E-state index contributed by atoms with van der Waals surface area (Å²) in [4.78, 5) is 26.9. The molecule has 0 fully saturated rings. The fourth-order valence-corrected chi connectivity index (χ4v) is 4.63. The van der Waals surface area contributed by atoms with Gasteiger partial charge in [-0.2, -0.15) is 0 Å². The van der Waals surface area contributed by atoms with Crippen molar-refractivity contribution in [3.05, 3.63) is 81.7 Å². The number of hydrogen-bond donors (Lipinski definition) is 3. The van der Waals surface area contributed by atoms with Crippen molar-refractivity contribution in [3.63, 3.8) is 0 Å². The number of amides is 1. The van der Waals surface area contributed by atoms with E-state index >= 15 is 0 Å². The van der Waals surface area contributed by atoms with E-state index in [9.17, 15) is 18.4 Å². The first-order chi connectivity index (χ1) is 17.7. The van der Waals surface area contributed by atoms with Gasteiger partial charge < -0.3 is 9.72 Å². The molecule has 0 aliphatic carbocycles. The first-order valence-electron chi connectivity index (χ1n) is 10.4. The number of hydroxylamine groups is 1. The van der Waals surface area contributed by atoms with Crippen molar-refractivity contribution in [2.24, 2.45) is 0 Å². The number of carbonyl (C=O) groups is 1. The van der Waals surface area contributed by atoms with E-state index in [1.54, 1.807) is 29.0 Å². The Bertz CT molecular complexity index is 1240. The Morgan fingerprint density at radius 3 is 2.38 bits per heavy atom. The average molecular weight is 569 g/mol. The van der Waals surface area contributed by atoms with Crippen molar-refractivity contribution in [1.29, 1.82) is 0 Å². The number of benzene rings is 2. The molecule has 3 rings (SSSR count). The van der Waals surface area contributed by atoms with Crippen LogP contribution in [0.5, 0.6) is 11.5 Å². The van der Waals surface area contributed by atoms with E-state index in [4.69, 9.17) is 21.5 Å². The molecule has 8 nitrogen and oxygen atoms in total. The van der Waals surface area contributed by atoms with Crippen LogP contribution in [-0.2, 0) is 4.79 Å². The summed E-state index contributed by atoms with van der Waals surface area (Å²) in [7, 11) is 1.76. The lowest BCUT2D eigenvalue weighted by Gasteiger charge is -2.23. The van der Waals surface area contributed by atoms with E-state index in [1.165, 1.54) is 46.7 Å². The first-order valence-corrected chi connectivity index (χ1v) is 12.4.